The molecule has 0 amide bonds. The summed E-state index contributed by atoms with van der Waals surface area (Å²) in [7, 11) is 2.96. The summed E-state index contributed by atoms with van der Waals surface area (Å²) >= 11 is 13.4. The van der Waals surface area contributed by atoms with Gasteiger partial charge in [-0.05, 0) is 36.3 Å². The molecule has 0 aliphatic rings. The van der Waals surface area contributed by atoms with Gasteiger partial charge in [-0.25, -0.2) is 4.98 Å². The summed E-state index contributed by atoms with van der Waals surface area (Å²) in [4.78, 5) is 23.4. The van der Waals surface area contributed by atoms with Crippen LogP contribution in [0.15, 0.2) is 72.3 Å². The van der Waals surface area contributed by atoms with Crippen LogP contribution in [0.25, 0.3) is 22.2 Å². The van der Waals surface area contributed by atoms with Gasteiger partial charge in [0, 0.05) is 59.7 Å². The molecule has 0 radical (unpaired) electrons. The Kier molecular flexibility index (Phi) is 10.0. The van der Waals surface area contributed by atoms with Crippen LogP contribution in [0.1, 0.15) is 19.4 Å². The van der Waals surface area contributed by atoms with Gasteiger partial charge >= 0.3 is 0 Å². The molecule has 0 aliphatic carbocycles. The molecular formula is C32H35Cl2N5O4. The highest BCUT2D eigenvalue weighted by Gasteiger charge is 2.24. The second kappa shape index (κ2) is 13.5. The summed E-state index contributed by atoms with van der Waals surface area (Å²) < 4.78 is 12.5. The predicted octanol–water partition coefficient (Wildman–Crippen LogP) is 6.57. The van der Waals surface area contributed by atoms with Crippen molar-refractivity contribution in [2.45, 2.75) is 26.8 Å². The SMILES string of the molecule is C=CC(=C)Nc1ccc(CCn2c(=O)c(-c3c(Cl)c(OC)cc(OC)c3Cl)cc3cnc(NCC(C)(C)CO)nc32)cc1. The number of halogens is 2. The average Bonchev–Trinajstić information content (AvgIpc) is 3.00. The van der Waals surface area contributed by atoms with Crippen LogP contribution in [0, 0.1) is 5.41 Å². The lowest BCUT2D eigenvalue weighted by Gasteiger charge is -2.22. The van der Waals surface area contributed by atoms with Gasteiger partial charge < -0.3 is 25.2 Å². The number of fused-ring (bicyclic) bond motifs is 1. The highest BCUT2D eigenvalue weighted by molar-refractivity contribution is 6.41. The van der Waals surface area contributed by atoms with Crippen LogP contribution in [0.5, 0.6) is 11.5 Å². The molecule has 11 heteroatoms. The highest BCUT2D eigenvalue weighted by Crippen LogP contribution is 2.45. The second-order valence-electron chi connectivity index (χ2n) is 10.7. The molecule has 0 fully saturated rings. The third-order valence-electron chi connectivity index (χ3n) is 6.95. The first kappa shape index (κ1) is 31.9. The maximum atomic E-state index is 14.2. The predicted molar refractivity (Wildman–Crippen MR) is 175 cm³/mol. The number of anilines is 2. The van der Waals surface area contributed by atoms with Gasteiger partial charge in [0.2, 0.25) is 5.95 Å². The molecule has 43 heavy (non-hydrogen) atoms. The Bertz CT molecular complexity index is 1690. The number of aliphatic hydroxyl groups is 1. The quantitative estimate of drug-likeness (QED) is 0.143. The standard InChI is InChI=1S/C32H35Cl2N5O4/c1-7-19(2)37-22-10-8-20(9-11-22)12-13-39-29-21(16-35-31(38-29)36-17-32(3,4)18-40)14-23(30(39)41)26-27(33)24(42-5)15-25(43-6)28(26)34/h7-11,14-16,37,40H,1-2,12-13,17-18H2,3-6H3,(H,35,36,38). The lowest BCUT2D eigenvalue weighted by atomic mass is 9.95. The van der Waals surface area contributed by atoms with Crippen LogP contribution in [0.4, 0.5) is 11.6 Å². The molecular weight excluding hydrogens is 589 g/mol. The van der Waals surface area contributed by atoms with E-state index in [-0.39, 0.29) is 33.2 Å². The Morgan fingerprint density at radius 1 is 1.12 bits per heavy atom. The van der Waals surface area contributed by atoms with Crippen molar-refractivity contribution in [3.8, 4) is 22.6 Å². The van der Waals surface area contributed by atoms with Crippen molar-refractivity contribution in [3.63, 3.8) is 0 Å². The van der Waals surface area contributed by atoms with E-state index in [0.29, 0.717) is 59.3 Å². The van der Waals surface area contributed by atoms with Crippen molar-refractivity contribution in [1.29, 1.82) is 0 Å². The average molecular weight is 625 g/mol. The van der Waals surface area contributed by atoms with Crippen molar-refractivity contribution in [2.75, 3.05) is 38.0 Å². The Morgan fingerprint density at radius 3 is 2.35 bits per heavy atom. The Balaban J connectivity index is 1.83. The summed E-state index contributed by atoms with van der Waals surface area (Å²) in [6.07, 6.45) is 3.82. The molecule has 4 rings (SSSR count). The summed E-state index contributed by atoms with van der Waals surface area (Å²) in [6, 6.07) is 11.1. The molecule has 0 aliphatic heterocycles. The molecule has 0 saturated carbocycles. The monoisotopic (exact) mass is 623 g/mol. The number of methoxy groups -OCH3 is 2. The molecule has 3 N–H and O–H groups in total. The lowest BCUT2D eigenvalue weighted by Crippen LogP contribution is -2.28. The Labute approximate surface area is 260 Å². The molecule has 0 saturated heterocycles. The van der Waals surface area contributed by atoms with E-state index >= 15 is 0 Å². The van der Waals surface area contributed by atoms with Crippen LogP contribution in [-0.2, 0) is 13.0 Å². The minimum absolute atomic E-state index is 0.0107. The number of pyridine rings is 1. The van der Waals surface area contributed by atoms with Gasteiger partial charge in [-0.2, -0.15) is 4.98 Å². The first-order chi connectivity index (χ1) is 20.5. The molecule has 0 bridgehead atoms. The zero-order valence-corrected chi connectivity index (χ0v) is 26.1. The summed E-state index contributed by atoms with van der Waals surface area (Å²) in [5.74, 6) is 0.977. The van der Waals surface area contributed by atoms with Gasteiger partial charge in [0.05, 0.1) is 29.8 Å². The molecule has 2 aromatic carbocycles. The van der Waals surface area contributed by atoms with E-state index in [1.807, 2.05) is 38.1 Å². The van der Waals surface area contributed by atoms with Gasteiger partial charge in [-0.3, -0.25) is 9.36 Å². The van der Waals surface area contributed by atoms with E-state index in [4.69, 9.17) is 37.7 Å². The molecule has 2 heterocycles. The lowest BCUT2D eigenvalue weighted by molar-refractivity contribution is 0.170. The molecule has 0 unspecified atom stereocenters. The van der Waals surface area contributed by atoms with Gasteiger partial charge in [-0.15, -0.1) is 0 Å². The summed E-state index contributed by atoms with van der Waals surface area (Å²) in [6.45, 7) is 12.2. The number of nitrogens with one attached hydrogen (secondary N) is 2. The smallest absolute Gasteiger partial charge is 0.260 e. The number of benzene rings is 2. The number of allylic oxidation sites excluding steroid dienone is 1. The zero-order chi connectivity index (χ0) is 31.3. The van der Waals surface area contributed by atoms with E-state index in [0.717, 1.165) is 11.3 Å². The number of aryl methyl sites for hydroxylation is 2. The van der Waals surface area contributed by atoms with E-state index in [2.05, 4.69) is 28.8 Å². The number of rotatable bonds is 13. The number of hydrogen-bond donors (Lipinski definition) is 3. The zero-order valence-electron chi connectivity index (χ0n) is 24.6. The summed E-state index contributed by atoms with van der Waals surface area (Å²) in [5.41, 5.74) is 2.85. The fraction of sp³-hybridized carbons (Fsp3) is 0.281. The van der Waals surface area contributed by atoms with Gasteiger partial charge in [0.25, 0.3) is 5.56 Å². The fourth-order valence-corrected chi connectivity index (χ4v) is 5.06. The number of aliphatic hydroxyl groups excluding tert-OH is 1. The van der Waals surface area contributed by atoms with Gasteiger partial charge in [0.1, 0.15) is 17.1 Å². The topological polar surface area (TPSA) is 111 Å². The van der Waals surface area contributed by atoms with Crippen molar-refractivity contribution >= 4 is 45.9 Å². The Morgan fingerprint density at radius 2 is 1.77 bits per heavy atom. The van der Waals surface area contributed by atoms with Crippen LogP contribution >= 0.6 is 23.2 Å². The molecule has 9 nitrogen and oxygen atoms in total. The van der Waals surface area contributed by atoms with Crippen LogP contribution < -0.4 is 25.7 Å². The first-order valence-electron chi connectivity index (χ1n) is 13.5. The van der Waals surface area contributed by atoms with Gasteiger partial charge in [-0.1, -0.05) is 62.3 Å². The minimum Gasteiger partial charge on any atom is -0.495 e. The van der Waals surface area contributed by atoms with Crippen molar-refractivity contribution < 1.29 is 14.6 Å². The molecule has 0 spiro atoms. The van der Waals surface area contributed by atoms with E-state index in [9.17, 15) is 9.90 Å². The van der Waals surface area contributed by atoms with E-state index in [1.165, 1.54) is 14.2 Å². The third kappa shape index (κ3) is 7.13. The molecule has 4 aromatic rings. The minimum atomic E-state index is -0.389. The third-order valence-corrected chi connectivity index (χ3v) is 7.70. The fourth-order valence-electron chi connectivity index (χ4n) is 4.36. The normalized spacial score (nSPS) is 11.3. The second-order valence-corrected chi connectivity index (χ2v) is 11.5. The van der Waals surface area contributed by atoms with Crippen molar-refractivity contribution in [1.82, 2.24) is 14.5 Å². The van der Waals surface area contributed by atoms with E-state index in [1.54, 1.807) is 29.0 Å². The molecule has 226 valence electrons. The maximum Gasteiger partial charge on any atom is 0.260 e. The number of nitrogens with zero attached hydrogens (tertiary/aromatic N) is 3. The van der Waals surface area contributed by atoms with Crippen molar-refractivity contribution in [2.24, 2.45) is 5.41 Å². The number of hydrogen-bond acceptors (Lipinski definition) is 8. The largest absolute Gasteiger partial charge is 0.495 e. The highest BCUT2D eigenvalue weighted by atomic mass is 35.5. The maximum absolute atomic E-state index is 14.2. The van der Waals surface area contributed by atoms with Crippen LogP contribution in [-0.4, -0.2) is 47.0 Å². The summed E-state index contributed by atoms with van der Waals surface area (Å²) in [5, 5.41) is 17.0. The number of ether oxygens (including phenoxy) is 2. The molecule has 2 aromatic heterocycles. The van der Waals surface area contributed by atoms with Crippen LogP contribution in [0.2, 0.25) is 10.0 Å². The van der Waals surface area contributed by atoms with Crippen LogP contribution in [0.3, 0.4) is 0 Å². The van der Waals surface area contributed by atoms with Gasteiger partial charge in [0.15, 0.2) is 0 Å². The molecule has 0 atom stereocenters. The van der Waals surface area contributed by atoms with E-state index < -0.39 is 0 Å². The first-order valence-corrected chi connectivity index (χ1v) is 14.3. The Hall–Kier alpha value is -4.05. The van der Waals surface area contributed by atoms with Crippen molar-refractivity contribution in [3.05, 3.63) is 93.5 Å². The number of aromatic nitrogens is 3.